The standard InChI is InChI=1S/C18H17Cl2N3OS/c1-22(2)9-10-23(17(24)13-11-12(19)7-8-14(13)20)18-21-15-5-3-4-6-16(15)25-18/h3-8,11H,9-10H2,1-2H3. The van der Waals surface area contributed by atoms with Gasteiger partial charge in [0, 0.05) is 18.1 Å². The molecule has 2 aromatic carbocycles. The van der Waals surface area contributed by atoms with Gasteiger partial charge in [0.25, 0.3) is 5.91 Å². The van der Waals surface area contributed by atoms with Crippen LogP contribution in [0.2, 0.25) is 10.0 Å². The van der Waals surface area contributed by atoms with E-state index in [1.54, 1.807) is 23.1 Å². The van der Waals surface area contributed by atoms with Crippen molar-refractivity contribution in [1.82, 2.24) is 9.88 Å². The predicted octanol–water partition coefficient (Wildman–Crippen LogP) is 4.81. The summed E-state index contributed by atoms with van der Waals surface area (Å²) in [6.07, 6.45) is 0. The largest absolute Gasteiger partial charge is 0.308 e. The molecule has 0 aliphatic rings. The molecule has 25 heavy (non-hydrogen) atoms. The Morgan fingerprint density at radius 3 is 2.60 bits per heavy atom. The van der Waals surface area contributed by atoms with E-state index >= 15 is 0 Å². The second kappa shape index (κ2) is 7.70. The number of hydrogen-bond donors (Lipinski definition) is 0. The number of carbonyl (C=O) groups is 1. The van der Waals surface area contributed by atoms with Crippen LogP contribution in [0.5, 0.6) is 0 Å². The number of halogens is 2. The summed E-state index contributed by atoms with van der Waals surface area (Å²) in [5.41, 5.74) is 1.26. The summed E-state index contributed by atoms with van der Waals surface area (Å²) in [7, 11) is 3.93. The summed E-state index contributed by atoms with van der Waals surface area (Å²) in [6.45, 7) is 1.22. The van der Waals surface area contributed by atoms with E-state index in [0.29, 0.717) is 33.8 Å². The first kappa shape index (κ1) is 18.1. The molecule has 0 aliphatic carbocycles. The van der Waals surface area contributed by atoms with Crippen LogP contribution in [-0.4, -0.2) is 43.0 Å². The first-order valence-corrected chi connectivity index (χ1v) is 9.30. The fourth-order valence-electron chi connectivity index (χ4n) is 2.37. The van der Waals surface area contributed by atoms with Gasteiger partial charge in [0.05, 0.1) is 20.8 Å². The molecule has 0 N–H and O–H groups in total. The van der Waals surface area contributed by atoms with Gasteiger partial charge >= 0.3 is 0 Å². The van der Waals surface area contributed by atoms with Crippen molar-refractivity contribution in [2.24, 2.45) is 0 Å². The van der Waals surface area contributed by atoms with Crippen LogP contribution >= 0.6 is 34.5 Å². The molecular weight excluding hydrogens is 377 g/mol. The van der Waals surface area contributed by atoms with Gasteiger partial charge in [0.15, 0.2) is 5.13 Å². The van der Waals surface area contributed by atoms with Crippen molar-refractivity contribution in [1.29, 1.82) is 0 Å². The smallest absolute Gasteiger partial charge is 0.261 e. The van der Waals surface area contributed by atoms with Crippen molar-refractivity contribution < 1.29 is 4.79 Å². The molecule has 3 rings (SSSR count). The van der Waals surface area contributed by atoms with E-state index in [9.17, 15) is 4.79 Å². The van der Waals surface area contributed by atoms with Crippen LogP contribution in [-0.2, 0) is 0 Å². The fraction of sp³-hybridized carbons (Fsp3) is 0.222. The zero-order chi connectivity index (χ0) is 18.0. The second-order valence-electron chi connectivity index (χ2n) is 5.85. The van der Waals surface area contributed by atoms with Crippen LogP contribution in [0.25, 0.3) is 10.2 Å². The lowest BCUT2D eigenvalue weighted by Crippen LogP contribution is -2.36. The van der Waals surface area contributed by atoms with Crippen LogP contribution in [0.1, 0.15) is 10.4 Å². The molecule has 0 unspecified atom stereocenters. The Hall–Kier alpha value is -1.66. The van der Waals surface area contributed by atoms with Gasteiger partial charge in [0.1, 0.15) is 0 Å². The highest BCUT2D eigenvalue weighted by molar-refractivity contribution is 7.22. The van der Waals surface area contributed by atoms with Crippen LogP contribution in [0.3, 0.4) is 0 Å². The molecule has 0 bridgehead atoms. The molecule has 1 heterocycles. The van der Waals surface area contributed by atoms with E-state index in [0.717, 1.165) is 10.2 Å². The highest BCUT2D eigenvalue weighted by Crippen LogP contribution is 2.31. The zero-order valence-electron chi connectivity index (χ0n) is 13.9. The Balaban J connectivity index is 2.01. The third-order valence-electron chi connectivity index (χ3n) is 3.69. The van der Waals surface area contributed by atoms with Gasteiger partial charge in [-0.3, -0.25) is 9.69 Å². The van der Waals surface area contributed by atoms with Gasteiger partial charge in [-0.05, 0) is 44.4 Å². The van der Waals surface area contributed by atoms with Crippen molar-refractivity contribution in [3.05, 3.63) is 58.1 Å². The van der Waals surface area contributed by atoms with Crippen molar-refractivity contribution in [3.63, 3.8) is 0 Å². The minimum Gasteiger partial charge on any atom is -0.308 e. The van der Waals surface area contributed by atoms with Gasteiger partial charge in [-0.2, -0.15) is 0 Å². The van der Waals surface area contributed by atoms with Crippen LogP contribution in [0.4, 0.5) is 5.13 Å². The number of benzene rings is 2. The highest BCUT2D eigenvalue weighted by Gasteiger charge is 2.23. The van der Waals surface area contributed by atoms with Gasteiger partial charge < -0.3 is 4.90 Å². The maximum atomic E-state index is 13.1. The van der Waals surface area contributed by atoms with Crippen LogP contribution in [0, 0.1) is 0 Å². The maximum absolute atomic E-state index is 13.1. The van der Waals surface area contributed by atoms with Gasteiger partial charge in [0.2, 0.25) is 0 Å². The first-order chi connectivity index (χ1) is 12.0. The summed E-state index contributed by atoms with van der Waals surface area (Å²) < 4.78 is 1.04. The fourth-order valence-corrected chi connectivity index (χ4v) is 3.73. The second-order valence-corrected chi connectivity index (χ2v) is 7.70. The Morgan fingerprint density at radius 1 is 1.12 bits per heavy atom. The predicted molar refractivity (Wildman–Crippen MR) is 106 cm³/mol. The minimum absolute atomic E-state index is 0.201. The quantitative estimate of drug-likeness (QED) is 0.623. The average Bonchev–Trinajstić information content (AvgIpc) is 3.00. The summed E-state index contributed by atoms with van der Waals surface area (Å²) in [5, 5.41) is 1.51. The molecule has 0 saturated carbocycles. The number of para-hydroxylation sites is 1. The summed E-state index contributed by atoms with van der Waals surface area (Å²) in [5.74, 6) is -0.201. The molecule has 0 aliphatic heterocycles. The molecule has 1 amide bonds. The number of carbonyl (C=O) groups excluding carboxylic acids is 1. The molecule has 4 nitrogen and oxygen atoms in total. The lowest BCUT2D eigenvalue weighted by molar-refractivity contribution is 0.0985. The molecule has 7 heteroatoms. The first-order valence-electron chi connectivity index (χ1n) is 7.73. The summed E-state index contributed by atoms with van der Waals surface area (Å²) >= 11 is 13.8. The van der Waals surface area contributed by atoms with Gasteiger partial charge in [-0.1, -0.05) is 46.7 Å². The molecular formula is C18H17Cl2N3OS. The third kappa shape index (κ3) is 4.12. The Kier molecular flexibility index (Phi) is 5.59. The van der Waals surface area contributed by atoms with E-state index in [2.05, 4.69) is 4.98 Å². The maximum Gasteiger partial charge on any atom is 0.261 e. The van der Waals surface area contributed by atoms with Crippen molar-refractivity contribution >= 4 is 55.8 Å². The zero-order valence-corrected chi connectivity index (χ0v) is 16.2. The lowest BCUT2D eigenvalue weighted by atomic mass is 10.2. The number of rotatable bonds is 5. The number of aromatic nitrogens is 1. The molecule has 3 aromatic rings. The van der Waals surface area contributed by atoms with Crippen molar-refractivity contribution in [3.8, 4) is 0 Å². The SMILES string of the molecule is CN(C)CCN(C(=O)c1cc(Cl)ccc1Cl)c1nc2ccccc2s1. The number of nitrogens with zero attached hydrogens (tertiary/aromatic N) is 3. The van der Waals surface area contributed by atoms with E-state index in [1.165, 1.54) is 11.3 Å². The summed E-state index contributed by atoms with van der Waals surface area (Å²) in [6, 6.07) is 12.7. The van der Waals surface area contributed by atoms with Crippen molar-refractivity contribution in [2.75, 3.05) is 32.1 Å². The Bertz CT molecular complexity index is 877. The number of hydrogen-bond acceptors (Lipinski definition) is 4. The molecule has 0 spiro atoms. The minimum atomic E-state index is -0.201. The van der Waals surface area contributed by atoms with E-state index < -0.39 is 0 Å². The molecule has 1 aromatic heterocycles. The number of anilines is 1. The lowest BCUT2D eigenvalue weighted by Gasteiger charge is -2.22. The summed E-state index contributed by atoms with van der Waals surface area (Å²) in [4.78, 5) is 21.4. The number of fused-ring (bicyclic) bond motifs is 1. The highest BCUT2D eigenvalue weighted by atomic mass is 35.5. The normalized spacial score (nSPS) is 11.2. The molecule has 0 saturated heterocycles. The van der Waals surface area contributed by atoms with Gasteiger partial charge in [-0.25, -0.2) is 4.98 Å². The molecule has 130 valence electrons. The number of amides is 1. The van der Waals surface area contributed by atoms with Crippen molar-refractivity contribution in [2.45, 2.75) is 0 Å². The Morgan fingerprint density at radius 2 is 1.88 bits per heavy atom. The van der Waals surface area contributed by atoms with E-state index in [1.807, 2.05) is 43.3 Å². The van der Waals surface area contributed by atoms with E-state index in [-0.39, 0.29) is 5.91 Å². The monoisotopic (exact) mass is 393 g/mol. The third-order valence-corrected chi connectivity index (χ3v) is 5.31. The Labute approximate surface area is 160 Å². The van der Waals surface area contributed by atoms with Crippen LogP contribution in [0.15, 0.2) is 42.5 Å². The molecule has 0 atom stereocenters. The molecule has 0 fully saturated rings. The number of thiazole rings is 1. The average molecular weight is 394 g/mol. The number of likely N-dealkylation sites (N-methyl/N-ethyl adjacent to an activating group) is 1. The van der Waals surface area contributed by atoms with E-state index in [4.69, 9.17) is 23.2 Å². The molecule has 0 radical (unpaired) electrons. The topological polar surface area (TPSA) is 36.4 Å². The van der Waals surface area contributed by atoms with Crippen LogP contribution < -0.4 is 4.90 Å². The van der Waals surface area contributed by atoms with Gasteiger partial charge in [-0.15, -0.1) is 0 Å².